The van der Waals surface area contributed by atoms with E-state index >= 15 is 0 Å². The maximum atomic E-state index is 5.64. The summed E-state index contributed by atoms with van der Waals surface area (Å²) in [6, 6.07) is 6.08. The Hall–Kier alpha value is -0.580. The molecular formula is C13H21BrN2O. The molecule has 0 saturated heterocycles. The molecule has 0 amide bonds. The number of benzene rings is 1. The zero-order valence-electron chi connectivity index (χ0n) is 10.7. The van der Waals surface area contributed by atoms with E-state index in [1.807, 2.05) is 12.1 Å². The van der Waals surface area contributed by atoms with E-state index in [1.54, 1.807) is 7.11 Å². The lowest BCUT2D eigenvalue weighted by atomic mass is 10.1. The molecule has 0 aliphatic heterocycles. The molecule has 2 N–H and O–H groups in total. The Kier molecular flexibility index (Phi) is 5.95. The minimum atomic E-state index is 0.512. The van der Waals surface area contributed by atoms with Gasteiger partial charge in [0, 0.05) is 23.1 Å². The monoisotopic (exact) mass is 300 g/mol. The molecule has 0 aliphatic rings. The molecule has 0 saturated carbocycles. The molecule has 0 spiro atoms. The Balaban J connectivity index is 2.69. The van der Waals surface area contributed by atoms with Crippen LogP contribution in [0.5, 0.6) is 5.75 Å². The molecule has 4 heteroatoms. The molecule has 0 fully saturated rings. The number of rotatable bonds is 6. The molecule has 96 valence electrons. The fraction of sp³-hybridized carbons (Fsp3) is 0.538. The van der Waals surface area contributed by atoms with Crippen LogP contribution in [0, 0.1) is 5.92 Å². The average Bonchev–Trinajstić information content (AvgIpc) is 2.29. The summed E-state index contributed by atoms with van der Waals surface area (Å²) in [7, 11) is 3.81. The molecular weight excluding hydrogens is 280 g/mol. The Morgan fingerprint density at radius 2 is 2.18 bits per heavy atom. The number of nitrogens with zero attached hydrogens (tertiary/aromatic N) is 1. The van der Waals surface area contributed by atoms with E-state index in [4.69, 9.17) is 10.5 Å². The second-order valence-electron chi connectivity index (χ2n) is 4.49. The van der Waals surface area contributed by atoms with Crippen LogP contribution in [0.3, 0.4) is 0 Å². The highest BCUT2D eigenvalue weighted by Crippen LogP contribution is 2.24. The molecule has 0 aliphatic carbocycles. The number of nitrogens with two attached hydrogens (primary N) is 1. The predicted octanol–water partition coefficient (Wildman–Crippen LogP) is 2.48. The van der Waals surface area contributed by atoms with Gasteiger partial charge in [-0.25, -0.2) is 0 Å². The van der Waals surface area contributed by atoms with Crippen LogP contribution >= 0.6 is 15.9 Å². The van der Waals surface area contributed by atoms with Gasteiger partial charge >= 0.3 is 0 Å². The average molecular weight is 301 g/mol. The van der Waals surface area contributed by atoms with Crippen LogP contribution in [0.4, 0.5) is 0 Å². The molecule has 0 bridgehead atoms. The highest BCUT2D eigenvalue weighted by atomic mass is 79.9. The standard InChI is InChI=1S/C13H21BrN2O/c1-10(7-15)8-16(2)9-11-6-12(14)4-5-13(11)17-3/h4-6,10H,7-9,15H2,1-3H3. The maximum absolute atomic E-state index is 5.64. The quantitative estimate of drug-likeness (QED) is 0.877. The summed E-state index contributed by atoms with van der Waals surface area (Å²) in [4.78, 5) is 2.27. The normalized spacial score (nSPS) is 12.8. The van der Waals surface area contributed by atoms with Crippen molar-refractivity contribution >= 4 is 15.9 Å². The second kappa shape index (κ2) is 6.99. The molecule has 1 unspecified atom stereocenters. The minimum absolute atomic E-state index is 0.512. The van der Waals surface area contributed by atoms with Crippen LogP contribution < -0.4 is 10.5 Å². The molecule has 0 radical (unpaired) electrons. The summed E-state index contributed by atoms with van der Waals surface area (Å²) in [6.07, 6.45) is 0. The predicted molar refractivity (Wildman–Crippen MR) is 75.2 cm³/mol. The van der Waals surface area contributed by atoms with Crippen molar-refractivity contribution in [1.82, 2.24) is 4.90 Å². The van der Waals surface area contributed by atoms with Gasteiger partial charge in [0.1, 0.15) is 5.75 Å². The lowest BCUT2D eigenvalue weighted by Gasteiger charge is -2.21. The Labute approximate surface area is 112 Å². The fourth-order valence-corrected chi connectivity index (χ4v) is 2.24. The first-order valence-corrected chi connectivity index (χ1v) is 6.57. The van der Waals surface area contributed by atoms with Gasteiger partial charge in [0.25, 0.3) is 0 Å². The van der Waals surface area contributed by atoms with E-state index < -0.39 is 0 Å². The highest BCUT2D eigenvalue weighted by Gasteiger charge is 2.09. The van der Waals surface area contributed by atoms with Crippen molar-refractivity contribution < 1.29 is 4.74 Å². The van der Waals surface area contributed by atoms with Gasteiger partial charge in [-0.3, -0.25) is 0 Å². The van der Waals surface area contributed by atoms with Crippen LogP contribution in [0.1, 0.15) is 12.5 Å². The van der Waals surface area contributed by atoms with Crippen molar-refractivity contribution in [1.29, 1.82) is 0 Å². The van der Waals surface area contributed by atoms with Crippen molar-refractivity contribution in [3.05, 3.63) is 28.2 Å². The molecule has 1 atom stereocenters. The number of hydrogen-bond acceptors (Lipinski definition) is 3. The van der Waals surface area contributed by atoms with Gasteiger partial charge in [-0.05, 0) is 37.7 Å². The summed E-state index contributed by atoms with van der Waals surface area (Å²) in [5, 5.41) is 0. The van der Waals surface area contributed by atoms with Crippen LogP contribution in [0.2, 0.25) is 0 Å². The van der Waals surface area contributed by atoms with E-state index in [1.165, 1.54) is 5.56 Å². The van der Waals surface area contributed by atoms with Crippen LogP contribution in [-0.4, -0.2) is 32.1 Å². The van der Waals surface area contributed by atoms with Crippen LogP contribution in [0.15, 0.2) is 22.7 Å². The Morgan fingerprint density at radius 1 is 1.47 bits per heavy atom. The maximum Gasteiger partial charge on any atom is 0.123 e. The number of ether oxygens (including phenoxy) is 1. The number of halogens is 1. The molecule has 1 aromatic carbocycles. The smallest absolute Gasteiger partial charge is 0.123 e. The van der Waals surface area contributed by atoms with E-state index in [-0.39, 0.29) is 0 Å². The topological polar surface area (TPSA) is 38.5 Å². The lowest BCUT2D eigenvalue weighted by molar-refractivity contribution is 0.277. The Bertz CT molecular complexity index is 357. The van der Waals surface area contributed by atoms with Gasteiger partial charge in [0.05, 0.1) is 7.11 Å². The van der Waals surface area contributed by atoms with Crippen molar-refractivity contribution in [3.63, 3.8) is 0 Å². The van der Waals surface area contributed by atoms with Crippen LogP contribution in [-0.2, 0) is 6.54 Å². The molecule has 1 aromatic rings. The summed E-state index contributed by atoms with van der Waals surface area (Å²) < 4.78 is 6.44. The Morgan fingerprint density at radius 3 is 2.76 bits per heavy atom. The van der Waals surface area contributed by atoms with E-state index in [0.29, 0.717) is 5.92 Å². The molecule has 0 aromatic heterocycles. The van der Waals surface area contributed by atoms with Crippen molar-refractivity contribution in [2.24, 2.45) is 11.7 Å². The SMILES string of the molecule is COc1ccc(Br)cc1CN(C)CC(C)CN. The van der Waals surface area contributed by atoms with Gasteiger partial charge in [0.2, 0.25) is 0 Å². The summed E-state index contributed by atoms with van der Waals surface area (Å²) in [6.45, 7) is 4.74. The zero-order valence-corrected chi connectivity index (χ0v) is 12.3. The number of hydrogen-bond donors (Lipinski definition) is 1. The van der Waals surface area contributed by atoms with E-state index in [0.717, 1.165) is 29.9 Å². The summed E-state index contributed by atoms with van der Waals surface area (Å²) in [5.41, 5.74) is 6.82. The molecule has 0 heterocycles. The summed E-state index contributed by atoms with van der Waals surface area (Å²) in [5.74, 6) is 1.44. The molecule has 1 rings (SSSR count). The van der Waals surface area contributed by atoms with E-state index in [9.17, 15) is 0 Å². The van der Waals surface area contributed by atoms with Gasteiger partial charge in [-0.1, -0.05) is 22.9 Å². The van der Waals surface area contributed by atoms with Gasteiger partial charge in [-0.15, -0.1) is 0 Å². The van der Waals surface area contributed by atoms with Crippen molar-refractivity contribution in [3.8, 4) is 5.75 Å². The lowest BCUT2D eigenvalue weighted by Crippen LogP contribution is -2.28. The third kappa shape index (κ3) is 4.66. The van der Waals surface area contributed by atoms with Crippen molar-refractivity contribution in [2.45, 2.75) is 13.5 Å². The first-order valence-electron chi connectivity index (χ1n) is 5.77. The number of methoxy groups -OCH3 is 1. The highest BCUT2D eigenvalue weighted by molar-refractivity contribution is 9.10. The first-order chi connectivity index (χ1) is 8.06. The van der Waals surface area contributed by atoms with Crippen LogP contribution in [0.25, 0.3) is 0 Å². The van der Waals surface area contributed by atoms with Crippen molar-refractivity contribution in [2.75, 3.05) is 27.2 Å². The molecule has 17 heavy (non-hydrogen) atoms. The fourth-order valence-electron chi connectivity index (χ4n) is 1.83. The third-order valence-electron chi connectivity index (χ3n) is 2.71. The largest absolute Gasteiger partial charge is 0.496 e. The zero-order chi connectivity index (χ0) is 12.8. The molecule has 3 nitrogen and oxygen atoms in total. The van der Waals surface area contributed by atoms with Gasteiger partial charge < -0.3 is 15.4 Å². The van der Waals surface area contributed by atoms with Gasteiger partial charge in [0.15, 0.2) is 0 Å². The minimum Gasteiger partial charge on any atom is -0.496 e. The summed E-state index contributed by atoms with van der Waals surface area (Å²) >= 11 is 3.49. The van der Waals surface area contributed by atoms with Gasteiger partial charge in [-0.2, -0.15) is 0 Å². The first kappa shape index (κ1) is 14.5. The third-order valence-corrected chi connectivity index (χ3v) is 3.20. The second-order valence-corrected chi connectivity index (χ2v) is 5.41. The van der Waals surface area contributed by atoms with E-state index in [2.05, 4.69) is 40.9 Å².